The van der Waals surface area contributed by atoms with Crippen molar-refractivity contribution in [2.75, 3.05) is 5.32 Å². The van der Waals surface area contributed by atoms with Crippen LogP contribution in [0.15, 0.2) is 54.6 Å². The molecule has 4 aromatic rings. The fourth-order valence-corrected chi connectivity index (χ4v) is 4.57. The van der Waals surface area contributed by atoms with Gasteiger partial charge < -0.3 is 9.88 Å². The van der Waals surface area contributed by atoms with Crippen molar-refractivity contribution in [3.05, 3.63) is 82.9 Å². The Morgan fingerprint density at radius 1 is 1.03 bits per heavy atom. The maximum absolute atomic E-state index is 13.1. The lowest BCUT2D eigenvalue weighted by molar-refractivity contribution is -0.137. The molecule has 2 aromatic heterocycles. The molecule has 1 saturated carbocycles. The van der Waals surface area contributed by atoms with Crippen LogP contribution < -0.4 is 5.32 Å². The number of anilines is 1. The highest BCUT2D eigenvalue weighted by molar-refractivity contribution is 5.84. The quantitative estimate of drug-likeness (QED) is 0.346. The molecule has 0 saturated heterocycles. The van der Waals surface area contributed by atoms with Crippen LogP contribution >= 0.6 is 0 Å². The van der Waals surface area contributed by atoms with Gasteiger partial charge in [-0.3, -0.25) is 0 Å². The van der Waals surface area contributed by atoms with Crippen molar-refractivity contribution in [2.45, 2.75) is 51.4 Å². The zero-order valence-corrected chi connectivity index (χ0v) is 19.8. The molecule has 1 N–H and O–H groups in total. The van der Waals surface area contributed by atoms with Gasteiger partial charge in [-0.25, -0.2) is 4.98 Å². The first-order valence-corrected chi connectivity index (χ1v) is 12.0. The molecule has 1 atom stereocenters. The van der Waals surface area contributed by atoms with Crippen LogP contribution in [0, 0.1) is 17.2 Å². The summed E-state index contributed by atoms with van der Waals surface area (Å²) in [4.78, 5) is 13.6. The van der Waals surface area contributed by atoms with Crippen LogP contribution in [-0.4, -0.2) is 25.6 Å². The average Bonchev–Trinajstić information content (AvgIpc) is 3.15. The number of fused-ring (bicyclic) bond motifs is 1. The van der Waals surface area contributed by atoms with Gasteiger partial charge in [-0.05, 0) is 48.9 Å². The molecule has 5 rings (SSSR count). The predicted octanol–water partition coefficient (Wildman–Crippen LogP) is 5.96. The second-order valence-electron chi connectivity index (χ2n) is 9.28. The number of halogens is 3. The van der Waals surface area contributed by atoms with E-state index in [-0.39, 0.29) is 11.9 Å². The van der Waals surface area contributed by atoms with Crippen LogP contribution in [0.4, 0.5) is 19.0 Å². The molecule has 1 fully saturated rings. The van der Waals surface area contributed by atoms with Crippen molar-refractivity contribution < 1.29 is 13.2 Å². The van der Waals surface area contributed by atoms with Gasteiger partial charge in [0.25, 0.3) is 0 Å². The zero-order valence-electron chi connectivity index (χ0n) is 19.8. The lowest BCUT2D eigenvalue weighted by Crippen LogP contribution is -2.31. The molecule has 2 heterocycles. The molecule has 1 aliphatic carbocycles. The van der Waals surface area contributed by atoms with E-state index in [4.69, 9.17) is 4.98 Å². The first-order chi connectivity index (χ1) is 17.3. The summed E-state index contributed by atoms with van der Waals surface area (Å²) in [6, 6.07) is 17.1. The maximum Gasteiger partial charge on any atom is 0.416 e. The van der Waals surface area contributed by atoms with Crippen molar-refractivity contribution in [1.29, 1.82) is 5.26 Å². The van der Waals surface area contributed by atoms with E-state index in [1.807, 2.05) is 41.0 Å². The van der Waals surface area contributed by atoms with Crippen LogP contribution in [0.1, 0.15) is 54.5 Å². The summed E-state index contributed by atoms with van der Waals surface area (Å²) in [6.07, 6.45) is -0.423. The summed E-state index contributed by atoms with van der Waals surface area (Å²) >= 11 is 0. The Morgan fingerprint density at radius 2 is 1.75 bits per heavy atom. The van der Waals surface area contributed by atoms with Gasteiger partial charge in [-0.15, -0.1) is 0 Å². The van der Waals surface area contributed by atoms with Crippen molar-refractivity contribution in [3.63, 3.8) is 0 Å². The molecular weight excluding hydrogens is 465 g/mol. The van der Waals surface area contributed by atoms with Crippen LogP contribution in [-0.2, 0) is 19.1 Å². The van der Waals surface area contributed by atoms with E-state index in [0.717, 1.165) is 30.5 Å². The third-order valence-electron chi connectivity index (χ3n) is 6.83. The summed E-state index contributed by atoms with van der Waals surface area (Å²) in [6.45, 7) is 2.39. The number of aromatic nitrogens is 4. The molecule has 6 nitrogen and oxygen atoms in total. The van der Waals surface area contributed by atoms with Crippen LogP contribution in [0.2, 0.25) is 0 Å². The van der Waals surface area contributed by atoms with Gasteiger partial charge in [0, 0.05) is 19.0 Å². The minimum atomic E-state index is -4.39. The van der Waals surface area contributed by atoms with Crippen LogP contribution in [0.3, 0.4) is 0 Å². The van der Waals surface area contributed by atoms with Gasteiger partial charge in [0.1, 0.15) is 17.4 Å². The molecule has 184 valence electrons. The third kappa shape index (κ3) is 4.89. The second-order valence-corrected chi connectivity index (χ2v) is 9.28. The zero-order chi connectivity index (χ0) is 25.3. The van der Waals surface area contributed by atoms with Crippen LogP contribution in [0.25, 0.3) is 11.2 Å². The fourth-order valence-electron chi connectivity index (χ4n) is 4.57. The number of imidazole rings is 1. The highest BCUT2D eigenvalue weighted by atomic mass is 19.4. The molecule has 0 spiro atoms. The first kappa shape index (κ1) is 23.8. The Hall–Kier alpha value is -3.93. The molecule has 0 unspecified atom stereocenters. The predicted molar refractivity (Wildman–Crippen MR) is 130 cm³/mol. The van der Waals surface area contributed by atoms with Crippen molar-refractivity contribution in [1.82, 2.24) is 19.5 Å². The molecule has 0 bridgehead atoms. The summed E-state index contributed by atoms with van der Waals surface area (Å²) in [7, 11) is 0. The molecule has 2 aromatic carbocycles. The second kappa shape index (κ2) is 9.61. The molecule has 0 radical (unpaired) electrons. The Kier molecular flexibility index (Phi) is 6.35. The normalized spacial score (nSPS) is 14.9. The minimum absolute atomic E-state index is 0.0243. The standard InChI is InChI=1S/C27H25F3N6/c1-17(20-8-5-9-20)32-25-24-26(34-22(15-31)33-25)35-23(14-18-6-3-2-4-7-18)36(24)16-19-10-12-21(13-11-19)27(28,29)30/h2-4,6-7,10-13,17,20H,5,8-9,14,16H2,1H3,(H,32,33,34)/t17-/m1/s1. The van der Waals surface area contributed by atoms with E-state index in [1.165, 1.54) is 18.6 Å². The van der Waals surface area contributed by atoms with Gasteiger partial charge in [0.15, 0.2) is 11.5 Å². The Bertz CT molecular complexity index is 1400. The molecule has 9 heteroatoms. The van der Waals surface area contributed by atoms with Crippen molar-refractivity contribution >= 4 is 17.0 Å². The minimum Gasteiger partial charge on any atom is -0.365 e. The number of nitrogens with one attached hydrogen (secondary N) is 1. The number of hydrogen-bond donors (Lipinski definition) is 1. The van der Waals surface area contributed by atoms with Crippen LogP contribution in [0.5, 0.6) is 0 Å². The average molecular weight is 491 g/mol. The molecule has 0 amide bonds. The van der Waals surface area contributed by atoms with E-state index in [2.05, 4.69) is 22.2 Å². The lowest BCUT2D eigenvalue weighted by Gasteiger charge is -2.32. The number of alkyl halides is 3. The van der Waals surface area contributed by atoms with Crippen molar-refractivity contribution in [3.8, 4) is 6.07 Å². The molecular formula is C27H25F3N6. The molecule has 1 aliphatic rings. The van der Waals surface area contributed by atoms with Gasteiger partial charge >= 0.3 is 6.18 Å². The number of benzene rings is 2. The smallest absolute Gasteiger partial charge is 0.365 e. The van der Waals surface area contributed by atoms with E-state index >= 15 is 0 Å². The third-order valence-corrected chi connectivity index (χ3v) is 6.83. The number of rotatable bonds is 7. The van der Waals surface area contributed by atoms with Gasteiger partial charge in [-0.1, -0.05) is 48.9 Å². The number of nitrogens with zero attached hydrogens (tertiary/aromatic N) is 5. The van der Waals surface area contributed by atoms with Gasteiger partial charge in [-0.2, -0.15) is 28.4 Å². The van der Waals surface area contributed by atoms with E-state index < -0.39 is 11.7 Å². The highest BCUT2D eigenvalue weighted by Crippen LogP contribution is 2.33. The Balaban J connectivity index is 1.60. The lowest BCUT2D eigenvalue weighted by atomic mass is 9.80. The summed E-state index contributed by atoms with van der Waals surface area (Å²) < 4.78 is 41.2. The highest BCUT2D eigenvalue weighted by Gasteiger charge is 2.30. The summed E-state index contributed by atoms with van der Waals surface area (Å²) in [5.41, 5.74) is 2.07. The number of hydrogen-bond acceptors (Lipinski definition) is 5. The van der Waals surface area contributed by atoms with Gasteiger partial charge in [0.2, 0.25) is 5.82 Å². The van der Waals surface area contributed by atoms with E-state index in [0.29, 0.717) is 47.3 Å². The van der Waals surface area contributed by atoms with E-state index in [1.54, 1.807) is 0 Å². The summed E-state index contributed by atoms with van der Waals surface area (Å²) in [5, 5.41) is 13.0. The monoisotopic (exact) mass is 490 g/mol. The Morgan fingerprint density at radius 3 is 2.36 bits per heavy atom. The number of nitriles is 1. The van der Waals surface area contributed by atoms with Gasteiger partial charge in [0.05, 0.1) is 5.56 Å². The summed E-state index contributed by atoms with van der Waals surface area (Å²) in [5.74, 6) is 1.77. The SMILES string of the molecule is C[C@@H](Nc1nc(C#N)nc2nc(Cc3ccccc3)n(Cc3ccc(C(F)(F)F)cc3)c12)C1CCC1. The topological polar surface area (TPSA) is 79.4 Å². The van der Waals surface area contributed by atoms with E-state index in [9.17, 15) is 18.4 Å². The first-order valence-electron chi connectivity index (χ1n) is 12.0. The largest absolute Gasteiger partial charge is 0.416 e. The molecule has 0 aliphatic heterocycles. The molecule has 36 heavy (non-hydrogen) atoms. The van der Waals surface area contributed by atoms with Crippen molar-refractivity contribution in [2.24, 2.45) is 5.92 Å². The Labute approximate surface area is 206 Å². The maximum atomic E-state index is 13.1. The fraction of sp³-hybridized carbons (Fsp3) is 0.333.